The number of carbonyl (C=O) groups excluding carboxylic acids is 2. The van der Waals surface area contributed by atoms with Crippen molar-refractivity contribution >= 4 is 29.1 Å². The minimum atomic E-state index is -0.270. The molecule has 0 saturated heterocycles. The summed E-state index contributed by atoms with van der Waals surface area (Å²) in [6.07, 6.45) is 0.154. The molecule has 0 atom stereocenters. The summed E-state index contributed by atoms with van der Waals surface area (Å²) in [5, 5.41) is 5.92. The summed E-state index contributed by atoms with van der Waals surface area (Å²) in [7, 11) is 0. The van der Waals surface area contributed by atoms with E-state index in [9.17, 15) is 9.59 Å². The minimum absolute atomic E-state index is 0.154. The van der Waals surface area contributed by atoms with Gasteiger partial charge in [-0.25, -0.2) is 0 Å². The highest BCUT2D eigenvalue weighted by Gasteiger charge is 2.14. The number of benzene rings is 2. The molecular weight excluding hydrogens is 332 g/mol. The molecule has 124 valence electrons. The van der Waals surface area contributed by atoms with Gasteiger partial charge in [0, 0.05) is 35.3 Å². The van der Waals surface area contributed by atoms with E-state index < -0.39 is 0 Å². The lowest BCUT2D eigenvalue weighted by atomic mass is 10.2. The third-order valence-electron chi connectivity index (χ3n) is 3.38. The highest BCUT2D eigenvalue weighted by atomic mass is 35.5. The van der Waals surface area contributed by atoms with E-state index in [1.807, 2.05) is 0 Å². The van der Waals surface area contributed by atoms with E-state index in [4.69, 9.17) is 21.1 Å². The second-order valence-corrected chi connectivity index (χ2v) is 5.57. The number of rotatable bonds is 5. The lowest BCUT2D eigenvalue weighted by Crippen LogP contribution is -2.27. The van der Waals surface area contributed by atoms with Crippen molar-refractivity contribution in [3.8, 4) is 11.5 Å². The van der Waals surface area contributed by atoms with Crippen molar-refractivity contribution in [3.63, 3.8) is 0 Å². The molecule has 1 aliphatic rings. The van der Waals surface area contributed by atoms with Crippen LogP contribution in [0.2, 0.25) is 5.02 Å². The van der Waals surface area contributed by atoms with Gasteiger partial charge in [0.25, 0.3) is 5.91 Å². The quantitative estimate of drug-likeness (QED) is 0.872. The number of amides is 2. The molecule has 0 bridgehead atoms. The first kappa shape index (κ1) is 16.1. The van der Waals surface area contributed by atoms with E-state index in [-0.39, 0.29) is 31.6 Å². The van der Waals surface area contributed by atoms with Crippen LogP contribution in [-0.4, -0.2) is 25.2 Å². The molecule has 3 rings (SSSR count). The standard InChI is InChI=1S/C17H15ClN2O4/c18-12-3-1-2-11(8-12)17(22)19-7-6-16(21)20-13-4-5-14-15(9-13)24-10-23-14/h1-5,8-9H,6-7,10H2,(H,19,22)(H,20,21). The van der Waals surface area contributed by atoms with Crippen LogP contribution in [0.15, 0.2) is 42.5 Å². The van der Waals surface area contributed by atoms with E-state index in [1.165, 1.54) is 0 Å². The van der Waals surface area contributed by atoms with Gasteiger partial charge in [-0.2, -0.15) is 0 Å². The molecule has 2 aromatic carbocycles. The number of carbonyl (C=O) groups is 2. The molecule has 0 unspecified atom stereocenters. The van der Waals surface area contributed by atoms with Crippen LogP contribution in [0.3, 0.4) is 0 Å². The predicted molar refractivity (Wildman–Crippen MR) is 89.6 cm³/mol. The largest absolute Gasteiger partial charge is 0.454 e. The Hall–Kier alpha value is -2.73. The van der Waals surface area contributed by atoms with Crippen LogP contribution in [0, 0.1) is 0 Å². The Morgan fingerprint density at radius 3 is 2.75 bits per heavy atom. The van der Waals surface area contributed by atoms with Crippen molar-refractivity contribution in [3.05, 3.63) is 53.1 Å². The SMILES string of the molecule is O=C(CCNC(=O)c1cccc(Cl)c1)Nc1ccc2c(c1)OCO2. The Kier molecular flexibility index (Phi) is 4.86. The summed E-state index contributed by atoms with van der Waals surface area (Å²) in [4.78, 5) is 23.9. The van der Waals surface area contributed by atoms with Crippen molar-refractivity contribution < 1.29 is 19.1 Å². The highest BCUT2D eigenvalue weighted by molar-refractivity contribution is 6.30. The topological polar surface area (TPSA) is 76.7 Å². The van der Waals surface area contributed by atoms with Gasteiger partial charge < -0.3 is 20.1 Å². The fourth-order valence-corrected chi connectivity index (χ4v) is 2.41. The van der Waals surface area contributed by atoms with Crippen LogP contribution in [0.5, 0.6) is 11.5 Å². The summed E-state index contributed by atoms with van der Waals surface area (Å²) in [6, 6.07) is 11.8. The van der Waals surface area contributed by atoms with E-state index in [2.05, 4.69) is 10.6 Å². The van der Waals surface area contributed by atoms with Gasteiger partial charge in [-0.1, -0.05) is 17.7 Å². The number of anilines is 1. The summed E-state index contributed by atoms with van der Waals surface area (Å²) >= 11 is 5.84. The maximum atomic E-state index is 11.9. The molecule has 2 amide bonds. The average molecular weight is 347 g/mol. The molecule has 2 N–H and O–H groups in total. The van der Waals surface area contributed by atoms with Crippen molar-refractivity contribution in [1.29, 1.82) is 0 Å². The van der Waals surface area contributed by atoms with Gasteiger partial charge >= 0.3 is 0 Å². The zero-order valence-corrected chi connectivity index (χ0v) is 13.4. The average Bonchev–Trinajstić information content (AvgIpc) is 3.02. The van der Waals surface area contributed by atoms with Gasteiger partial charge in [-0.3, -0.25) is 9.59 Å². The van der Waals surface area contributed by atoms with Gasteiger partial charge in [0.05, 0.1) is 0 Å². The fourth-order valence-electron chi connectivity index (χ4n) is 2.22. The molecule has 1 heterocycles. The molecule has 24 heavy (non-hydrogen) atoms. The lowest BCUT2D eigenvalue weighted by molar-refractivity contribution is -0.116. The van der Waals surface area contributed by atoms with E-state index in [0.717, 1.165) is 0 Å². The zero-order valence-electron chi connectivity index (χ0n) is 12.7. The summed E-state index contributed by atoms with van der Waals surface area (Å²) in [5.41, 5.74) is 1.07. The minimum Gasteiger partial charge on any atom is -0.454 e. The fraction of sp³-hybridized carbons (Fsp3) is 0.176. The molecule has 0 fully saturated rings. The van der Waals surface area contributed by atoms with E-state index >= 15 is 0 Å². The molecule has 0 aromatic heterocycles. The molecule has 1 aliphatic heterocycles. The van der Waals surface area contributed by atoms with Crippen LogP contribution in [-0.2, 0) is 4.79 Å². The zero-order chi connectivity index (χ0) is 16.9. The van der Waals surface area contributed by atoms with Crippen molar-refractivity contribution in [2.45, 2.75) is 6.42 Å². The van der Waals surface area contributed by atoms with Gasteiger partial charge in [0.2, 0.25) is 12.7 Å². The third-order valence-corrected chi connectivity index (χ3v) is 3.62. The second kappa shape index (κ2) is 7.23. The molecule has 0 saturated carbocycles. The van der Waals surface area contributed by atoms with Crippen LogP contribution >= 0.6 is 11.6 Å². The Morgan fingerprint density at radius 1 is 1.08 bits per heavy atom. The van der Waals surface area contributed by atoms with Crippen LogP contribution in [0.1, 0.15) is 16.8 Å². The summed E-state index contributed by atoms with van der Waals surface area (Å²) < 4.78 is 10.5. The number of halogens is 1. The van der Waals surface area contributed by atoms with Crippen molar-refractivity contribution in [2.24, 2.45) is 0 Å². The smallest absolute Gasteiger partial charge is 0.251 e. The number of hydrogen-bond donors (Lipinski definition) is 2. The van der Waals surface area contributed by atoms with Crippen LogP contribution in [0.25, 0.3) is 0 Å². The molecule has 2 aromatic rings. The Balaban J connectivity index is 1.46. The predicted octanol–water partition coefficient (Wildman–Crippen LogP) is 2.83. The van der Waals surface area contributed by atoms with Crippen molar-refractivity contribution in [2.75, 3.05) is 18.7 Å². The first-order valence-corrected chi connectivity index (χ1v) is 7.73. The Morgan fingerprint density at radius 2 is 1.92 bits per heavy atom. The maximum absolute atomic E-state index is 11.9. The molecule has 6 nitrogen and oxygen atoms in total. The summed E-state index contributed by atoms with van der Waals surface area (Å²) in [5.74, 6) is 0.775. The number of hydrogen-bond acceptors (Lipinski definition) is 4. The first-order chi connectivity index (χ1) is 11.6. The van der Waals surface area contributed by atoms with E-state index in [1.54, 1.807) is 42.5 Å². The molecule has 0 radical (unpaired) electrons. The highest BCUT2D eigenvalue weighted by Crippen LogP contribution is 2.34. The summed E-state index contributed by atoms with van der Waals surface area (Å²) in [6.45, 7) is 0.407. The van der Waals surface area contributed by atoms with Crippen LogP contribution in [0.4, 0.5) is 5.69 Å². The number of ether oxygens (including phenoxy) is 2. The molecule has 0 aliphatic carbocycles. The van der Waals surface area contributed by atoms with E-state index in [0.29, 0.717) is 27.8 Å². The van der Waals surface area contributed by atoms with Gasteiger partial charge in [-0.05, 0) is 30.3 Å². The monoisotopic (exact) mass is 346 g/mol. The lowest BCUT2D eigenvalue weighted by Gasteiger charge is -2.07. The Labute approximate surface area is 143 Å². The van der Waals surface area contributed by atoms with Crippen molar-refractivity contribution in [1.82, 2.24) is 5.32 Å². The normalized spacial score (nSPS) is 11.9. The first-order valence-electron chi connectivity index (χ1n) is 7.35. The molecule has 0 spiro atoms. The second-order valence-electron chi connectivity index (χ2n) is 5.13. The maximum Gasteiger partial charge on any atom is 0.251 e. The number of nitrogens with one attached hydrogen (secondary N) is 2. The van der Waals surface area contributed by atoms with Gasteiger partial charge in [0.1, 0.15) is 0 Å². The van der Waals surface area contributed by atoms with Crippen LogP contribution < -0.4 is 20.1 Å². The Bertz CT molecular complexity index is 779. The van der Waals surface area contributed by atoms with Gasteiger partial charge in [0.15, 0.2) is 11.5 Å². The molecular formula is C17H15ClN2O4. The third kappa shape index (κ3) is 3.97. The van der Waals surface area contributed by atoms with Gasteiger partial charge in [-0.15, -0.1) is 0 Å². The molecule has 7 heteroatoms. The number of fused-ring (bicyclic) bond motifs is 1.